The third-order valence-corrected chi connectivity index (χ3v) is 9.98. The predicted octanol–water partition coefficient (Wildman–Crippen LogP) is 6.69. The number of carbonyl (C=O) groups is 1. The molecule has 5 atom stereocenters. The Balaban J connectivity index is 1.64. The molecule has 3 heterocycles. The second kappa shape index (κ2) is 12.4. The first-order chi connectivity index (χ1) is 20.0. The summed E-state index contributed by atoms with van der Waals surface area (Å²) >= 11 is 12.8. The van der Waals surface area contributed by atoms with Gasteiger partial charge in [-0.05, 0) is 60.7 Å². The highest BCUT2D eigenvalue weighted by Crippen LogP contribution is 2.52. The van der Waals surface area contributed by atoms with Crippen molar-refractivity contribution < 1.29 is 17.9 Å². The molecular formula is C32H35Cl2N3O4S. The molecular weight excluding hydrogens is 593 g/mol. The summed E-state index contributed by atoms with van der Waals surface area (Å²) in [6, 6.07) is 20.1. The molecule has 1 amide bonds. The van der Waals surface area contributed by atoms with E-state index in [1.54, 1.807) is 19.3 Å². The smallest absolute Gasteiger partial charge is 0.233 e. The maximum atomic E-state index is 14.9. The number of likely N-dealkylation sites (tertiary alicyclic amines) is 1. The van der Waals surface area contributed by atoms with Crippen molar-refractivity contribution in [2.45, 2.75) is 63.6 Å². The van der Waals surface area contributed by atoms with E-state index in [1.165, 1.54) is 5.41 Å². The number of halogens is 2. The van der Waals surface area contributed by atoms with E-state index in [9.17, 15) is 13.2 Å². The zero-order chi connectivity index (χ0) is 30.1. The van der Waals surface area contributed by atoms with Gasteiger partial charge in [-0.3, -0.25) is 4.79 Å². The van der Waals surface area contributed by atoms with Crippen molar-refractivity contribution in [3.63, 3.8) is 0 Å². The summed E-state index contributed by atoms with van der Waals surface area (Å²) < 4.78 is 32.4. The van der Waals surface area contributed by atoms with Crippen molar-refractivity contribution in [1.29, 1.82) is 0 Å². The largest absolute Gasteiger partial charge is 0.481 e. The lowest BCUT2D eigenvalue weighted by Gasteiger charge is -2.52. The Morgan fingerprint density at radius 1 is 1.07 bits per heavy atom. The van der Waals surface area contributed by atoms with Crippen molar-refractivity contribution in [1.82, 2.24) is 14.6 Å². The van der Waals surface area contributed by atoms with Crippen molar-refractivity contribution in [3.05, 3.63) is 105 Å². The fraction of sp³-hybridized carbons (Fsp3) is 0.375. The second-order valence-electron chi connectivity index (χ2n) is 11.4. The van der Waals surface area contributed by atoms with Crippen LogP contribution in [0.15, 0.2) is 78.2 Å². The van der Waals surface area contributed by atoms with Gasteiger partial charge in [0.2, 0.25) is 21.8 Å². The Hall–Kier alpha value is -2.91. The van der Waals surface area contributed by atoms with Crippen molar-refractivity contribution in [2.75, 3.05) is 7.11 Å². The number of amides is 1. The Kier molecular flexibility index (Phi) is 8.99. The number of ether oxygens (including phenoxy) is 1. The molecule has 0 radical (unpaired) electrons. The van der Waals surface area contributed by atoms with Crippen molar-refractivity contribution >= 4 is 39.1 Å². The van der Waals surface area contributed by atoms with Gasteiger partial charge in [0, 0.05) is 51.6 Å². The molecule has 1 fully saturated rings. The average molecular weight is 629 g/mol. The van der Waals surface area contributed by atoms with Gasteiger partial charge in [-0.15, -0.1) is 0 Å². The molecule has 2 aliphatic rings. The summed E-state index contributed by atoms with van der Waals surface area (Å²) in [5.41, 5.74) is 1.94. The summed E-state index contributed by atoms with van der Waals surface area (Å²) in [5.74, 6) is 0.387. The number of carbonyl (C=O) groups excluding carboxylic acids is 1. The highest BCUT2D eigenvalue weighted by molar-refractivity contribution is 7.92. The van der Waals surface area contributed by atoms with Gasteiger partial charge in [0.1, 0.15) is 0 Å². The number of benzene rings is 2. The highest BCUT2D eigenvalue weighted by Gasteiger charge is 2.51. The van der Waals surface area contributed by atoms with Crippen LogP contribution in [0.5, 0.6) is 5.88 Å². The van der Waals surface area contributed by atoms with E-state index in [-0.39, 0.29) is 23.9 Å². The monoisotopic (exact) mass is 627 g/mol. The van der Waals surface area contributed by atoms with Crippen LogP contribution in [0.3, 0.4) is 0 Å². The zero-order valence-electron chi connectivity index (χ0n) is 23.8. The van der Waals surface area contributed by atoms with Crippen molar-refractivity contribution in [2.24, 2.45) is 5.41 Å². The Morgan fingerprint density at radius 2 is 1.81 bits per heavy atom. The van der Waals surface area contributed by atoms with E-state index in [4.69, 9.17) is 27.9 Å². The first-order valence-corrected chi connectivity index (χ1v) is 16.4. The molecule has 3 aromatic rings. The Morgan fingerprint density at radius 3 is 2.45 bits per heavy atom. The summed E-state index contributed by atoms with van der Waals surface area (Å²) in [5, 5.41) is 2.43. The minimum Gasteiger partial charge on any atom is -0.481 e. The van der Waals surface area contributed by atoms with Gasteiger partial charge < -0.3 is 9.64 Å². The molecule has 0 spiro atoms. The van der Waals surface area contributed by atoms with E-state index < -0.39 is 21.5 Å². The number of nitrogens with zero attached hydrogens (tertiary/aromatic N) is 2. The Bertz CT molecular complexity index is 1580. The van der Waals surface area contributed by atoms with Crippen LogP contribution in [-0.2, 0) is 21.2 Å². The predicted molar refractivity (Wildman–Crippen MR) is 166 cm³/mol. The van der Waals surface area contributed by atoms with Crippen LogP contribution < -0.4 is 9.46 Å². The van der Waals surface area contributed by atoms with E-state index in [0.29, 0.717) is 41.6 Å². The lowest BCUT2D eigenvalue weighted by molar-refractivity contribution is -0.155. The molecule has 1 unspecified atom stereocenters. The summed E-state index contributed by atoms with van der Waals surface area (Å²) in [4.78, 5) is 21.5. The molecule has 42 heavy (non-hydrogen) atoms. The maximum Gasteiger partial charge on any atom is 0.233 e. The fourth-order valence-electron chi connectivity index (χ4n) is 6.40. The molecule has 0 bridgehead atoms. The first kappa shape index (κ1) is 30.5. The average Bonchev–Trinajstić information content (AvgIpc) is 3.31. The summed E-state index contributed by atoms with van der Waals surface area (Å²) in [6.07, 6.45) is 3.71. The maximum absolute atomic E-state index is 14.9. The van der Waals surface area contributed by atoms with Gasteiger partial charge in [0.25, 0.3) is 0 Å². The van der Waals surface area contributed by atoms with E-state index in [1.807, 2.05) is 73.3 Å². The molecule has 1 N–H and O–H groups in total. The van der Waals surface area contributed by atoms with Gasteiger partial charge in [-0.25, -0.2) is 18.1 Å². The highest BCUT2D eigenvalue weighted by atomic mass is 35.5. The standard InChI is InChI=1S/C32H35Cl2N3O4S/c1-4-27(18-25-15-16-42(39,40)36-25)37-30(21-11-13-23(33)14-12-21)28(22-7-5-8-24(34)17-22)20-32(2,31(37)38)19-26-9-6-10-29(35-26)41-3/h5-17,25,27-28,30,36H,4,18-20H2,1-3H3/t25?,27-,28+,30+,32+/m0/s1. The number of rotatable bonds is 9. The number of hydrogen-bond donors (Lipinski definition) is 1. The minimum atomic E-state index is -3.48. The molecule has 0 saturated carbocycles. The SMILES string of the molecule is CC[C@@H](CC1C=CS(=O)(=O)N1)N1C(=O)[C@](C)(Cc2cccc(OC)n2)C[C@H](c2cccc(Cl)c2)[C@H]1c1ccc(Cl)cc1. The first-order valence-electron chi connectivity index (χ1n) is 14.1. The van der Waals surface area contributed by atoms with Crippen LogP contribution in [0.4, 0.5) is 0 Å². The number of piperidine rings is 1. The number of pyridine rings is 1. The molecule has 1 aromatic heterocycles. The van der Waals surface area contributed by atoms with Crippen LogP contribution in [0.2, 0.25) is 10.0 Å². The van der Waals surface area contributed by atoms with Crippen LogP contribution in [-0.4, -0.2) is 43.4 Å². The third-order valence-electron chi connectivity index (χ3n) is 8.35. The minimum absolute atomic E-state index is 0.00188. The fourth-order valence-corrected chi connectivity index (χ4v) is 7.80. The normalized spacial score (nSPS) is 25.9. The quantitative estimate of drug-likeness (QED) is 0.286. The van der Waals surface area contributed by atoms with Gasteiger partial charge in [0.05, 0.1) is 18.6 Å². The topological polar surface area (TPSA) is 88.6 Å². The van der Waals surface area contributed by atoms with Crippen LogP contribution >= 0.6 is 23.2 Å². The molecule has 2 aliphatic heterocycles. The molecule has 2 aromatic carbocycles. The second-order valence-corrected chi connectivity index (χ2v) is 13.8. The van der Waals surface area contributed by atoms with Crippen LogP contribution in [0.1, 0.15) is 61.9 Å². The van der Waals surface area contributed by atoms with Crippen molar-refractivity contribution in [3.8, 4) is 5.88 Å². The van der Waals surface area contributed by atoms with Gasteiger partial charge in [-0.1, -0.05) is 73.5 Å². The number of nitrogens with one attached hydrogen (secondary N) is 1. The third kappa shape index (κ3) is 6.52. The lowest BCUT2D eigenvalue weighted by Crippen LogP contribution is -2.57. The van der Waals surface area contributed by atoms with Gasteiger partial charge in [0.15, 0.2) is 0 Å². The van der Waals surface area contributed by atoms with E-state index in [0.717, 1.165) is 16.8 Å². The number of hydrogen-bond acceptors (Lipinski definition) is 5. The molecule has 10 heteroatoms. The molecule has 0 aliphatic carbocycles. The summed E-state index contributed by atoms with van der Waals surface area (Å²) in [6.45, 7) is 4.04. The number of aromatic nitrogens is 1. The van der Waals surface area contributed by atoms with Gasteiger partial charge >= 0.3 is 0 Å². The molecule has 222 valence electrons. The summed E-state index contributed by atoms with van der Waals surface area (Å²) in [7, 11) is -1.90. The van der Waals surface area contributed by atoms with Gasteiger partial charge in [-0.2, -0.15) is 0 Å². The zero-order valence-corrected chi connectivity index (χ0v) is 26.2. The van der Waals surface area contributed by atoms with E-state index >= 15 is 0 Å². The number of methoxy groups -OCH3 is 1. The number of sulfonamides is 1. The Labute approximate surface area is 257 Å². The lowest BCUT2D eigenvalue weighted by atomic mass is 9.66. The van der Waals surface area contributed by atoms with Crippen LogP contribution in [0.25, 0.3) is 0 Å². The van der Waals surface area contributed by atoms with E-state index in [2.05, 4.69) is 15.8 Å². The molecule has 5 rings (SSSR count). The molecule has 1 saturated heterocycles. The molecule has 7 nitrogen and oxygen atoms in total. The van der Waals surface area contributed by atoms with Crippen LogP contribution in [0, 0.1) is 5.41 Å².